The summed E-state index contributed by atoms with van der Waals surface area (Å²) in [6.07, 6.45) is -4.09. The number of hydrogen-bond acceptors (Lipinski definition) is 4. The van der Waals surface area contributed by atoms with Crippen LogP contribution in [-0.4, -0.2) is 21.6 Å². The van der Waals surface area contributed by atoms with Crippen molar-refractivity contribution in [2.75, 3.05) is 6.61 Å². The van der Waals surface area contributed by atoms with Crippen molar-refractivity contribution in [3.63, 3.8) is 0 Å². The Bertz CT molecular complexity index is 1860. The first-order chi connectivity index (χ1) is 21.3. The van der Waals surface area contributed by atoms with E-state index in [1.165, 1.54) is 28.0 Å². The quantitative estimate of drug-likeness (QED) is 0.183. The van der Waals surface area contributed by atoms with E-state index in [2.05, 4.69) is 52.4 Å². The van der Waals surface area contributed by atoms with Gasteiger partial charge in [-0.2, -0.15) is 18.4 Å². The number of pyridine rings is 1. The summed E-state index contributed by atoms with van der Waals surface area (Å²) in [4.78, 5) is 12.7. The van der Waals surface area contributed by atoms with Gasteiger partial charge in [-0.05, 0) is 67.6 Å². The third-order valence-electron chi connectivity index (χ3n) is 7.48. The molecule has 0 spiro atoms. The van der Waals surface area contributed by atoms with E-state index in [0.717, 1.165) is 6.07 Å². The van der Waals surface area contributed by atoms with Gasteiger partial charge in [0.05, 0.1) is 23.4 Å². The van der Waals surface area contributed by atoms with Gasteiger partial charge < -0.3 is 9.72 Å². The summed E-state index contributed by atoms with van der Waals surface area (Å²) in [5.74, 6) is 0.403. The second-order valence-corrected chi connectivity index (χ2v) is 13.6. The lowest BCUT2D eigenvalue weighted by Crippen LogP contribution is -2.32. The maximum atomic E-state index is 13.9. The van der Waals surface area contributed by atoms with Crippen LogP contribution in [0.3, 0.4) is 0 Å². The number of nitrogens with one attached hydrogen (secondary N) is 1. The molecule has 0 atom stereocenters. The highest BCUT2D eigenvalue weighted by Crippen LogP contribution is 2.57. The standard InChI is InChI=1S/C35H27F3N4OP/c1-2-43-32-19-18-24(20-28(32)35(36,37)38)29-21-30-34(31(22-39)40-29)42-33(41-30)23-44(25-12-6-3-7-13-25,26-14-8-4-9-15-26)27-16-10-5-11-17-27/h3-21H,2,23H2,1H3,(H,41,42)/q+1. The molecule has 0 aliphatic carbocycles. The molecule has 0 saturated carbocycles. The number of H-pyrrole nitrogens is 1. The molecule has 0 fully saturated rings. The van der Waals surface area contributed by atoms with Gasteiger partial charge in [-0.1, -0.05) is 54.6 Å². The Balaban J connectivity index is 1.51. The molecule has 2 heterocycles. The normalized spacial score (nSPS) is 11.8. The molecule has 6 aromatic rings. The summed E-state index contributed by atoms with van der Waals surface area (Å²) in [5, 5.41) is 13.5. The summed E-state index contributed by atoms with van der Waals surface area (Å²) >= 11 is 0. The molecule has 1 N–H and O–H groups in total. The Morgan fingerprint density at radius 2 is 1.36 bits per heavy atom. The molecule has 4 aromatic carbocycles. The minimum absolute atomic E-state index is 0.0329. The number of imidazole rings is 1. The zero-order chi connectivity index (χ0) is 30.7. The Morgan fingerprint density at radius 3 is 1.86 bits per heavy atom. The van der Waals surface area contributed by atoms with Crippen molar-refractivity contribution in [1.29, 1.82) is 5.26 Å². The van der Waals surface area contributed by atoms with Crippen LogP contribution in [0.2, 0.25) is 0 Å². The number of rotatable bonds is 8. The van der Waals surface area contributed by atoms with Crippen LogP contribution in [0, 0.1) is 11.3 Å². The van der Waals surface area contributed by atoms with E-state index >= 15 is 0 Å². The molecule has 9 heteroatoms. The van der Waals surface area contributed by atoms with Gasteiger partial charge in [0.25, 0.3) is 0 Å². The number of nitriles is 1. The van der Waals surface area contributed by atoms with Crippen LogP contribution in [0.5, 0.6) is 5.75 Å². The molecule has 0 saturated heterocycles. The molecule has 0 aliphatic rings. The Hall–Kier alpha value is -4.99. The van der Waals surface area contributed by atoms with E-state index in [0.29, 0.717) is 23.0 Å². The van der Waals surface area contributed by atoms with E-state index in [1.54, 1.807) is 13.0 Å². The highest BCUT2D eigenvalue weighted by Gasteiger charge is 2.46. The smallest absolute Gasteiger partial charge is 0.419 e. The molecule has 0 unspecified atom stereocenters. The fourth-order valence-electron chi connectivity index (χ4n) is 5.55. The maximum Gasteiger partial charge on any atom is 0.419 e. The predicted octanol–water partition coefficient (Wildman–Crippen LogP) is 7.41. The molecular weight excluding hydrogens is 580 g/mol. The van der Waals surface area contributed by atoms with Gasteiger partial charge in [-0.25, -0.2) is 9.97 Å². The molecule has 6 rings (SSSR count). The topological polar surface area (TPSA) is 74.6 Å². The van der Waals surface area contributed by atoms with Crippen molar-refractivity contribution in [3.05, 3.63) is 132 Å². The highest BCUT2D eigenvalue weighted by molar-refractivity contribution is 7.95. The largest absolute Gasteiger partial charge is 0.493 e. The van der Waals surface area contributed by atoms with E-state index < -0.39 is 19.0 Å². The molecule has 2 aromatic heterocycles. The average molecular weight is 608 g/mol. The van der Waals surface area contributed by atoms with E-state index in [-0.39, 0.29) is 29.3 Å². The van der Waals surface area contributed by atoms with Crippen molar-refractivity contribution in [1.82, 2.24) is 15.0 Å². The van der Waals surface area contributed by atoms with Gasteiger partial charge in [0, 0.05) is 5.56 Å². The van der Waals surface area contributed by atoms with E-state index in [4.69, 9.17) is 9.72 Å². The van der Waals surface area contributed by atoms with Gasteiger partial charge >= 0.3 is 6.18 Å². The summed E-state index contributed by atoms with van der Waals surface area (Å²) in [5.41, 5.74) is 0.482. The highest BCUT2D eigenvalue weighted by atomic mass is 31.2. The number of aromatic nitrogens is 3. The van der Waals surface area contributed by atoms with E-state index in [9.17, 15) is 18.4 Å². The molecular formula is C35H27F3N4OP+. The first-order valence-corrected chi connectivity index (χ1v) is 16.0. The monoisotopic (exact) mass is 607 g/mol. The van der Waals surface area contributed by atoms with Crippen molar-refractivity contribution >= 4 is 34.2 Å². The van der Waals surface area contributed by atoms with Crippen LogP contribution < -0.4 is 20.7 Å². The molecule has 0 aliphatic heterocycles. The average Bonchev–Trinajstić information content (AvgIpc) is 3.47. The number of hydrogen-bond donors (Lipinski definition) is 1. The number of ether oxygens (including phenoxy) is 1. The van der Waals surface area contributed by atoms with Crippen molar-refractivity contribution < 1.29 is 17.9 Å². The fraction of sp³-hybridized carbons (Fsp3) is 0.114. The third kappa shape index (κ3) is 5.43. The lowest BCUT2D eigenvalue weighted by molar-refractivity contribution is -0.138. The SMILES string of the molecule is CCOc1ccc(-c2cc3[nH]c(C[P+](c4ccccc4)(c4ccccc4)c4ccccc4)nc3c(C#N)n2)cc1C(F)(F)F. The number of halogens is 3. The minimum Gasteiger partial charge on any atom is -0.493 e. The summed E-state index contributed by atoms with van der Waals surface area (Å²) in [7, 11) is -2.30. The maximum absolute atomic E-state index is 13.9. The number of benzene rings is 4. The summed E-state index contributed by atoms with van der Waals surface area (Å²) in [6, 6.07) is 38.6. The van der Waals surface area contributed by atoms with E-state index in [1.807, 2.05) is 54.6 Å². The number of fused-ring (bicyclic) bond motifs is 1. The van der Waals surface area contributed by atoms with Crippen LogP contribution in [0.4, 0.5) is 13.2 Å². The number of nitrogens with zero attached hydrogens (tertiary/aromatic N) is 3. The zero-order valence-electron chi connectivity index (χ0n) is 23.7. The van der Waals surface area contributed by atoms with Crippen LogP contribution in [-0.2, 0) is 12.3 Å². The number of aromatic amines is 1. The Labute approximate surface area is 253 Å². The van der Waals surface area contributed by atoms with Crippen LogP contribution in [0.1, 0.15) is 24.0 Å². The third-order valence-corrected chi connectivity index (χ3v) is 11.8. The van der Waals surface area contributed by atoms with Gasteiger partial charge in [0.2, 0.25) is 0 Å². The summed E-state index contributed by atoms with van der Waals surface area (Å²) < 4.78 is 46.9. The molecule has 0 radical (unpaired) electrons. The lowest BCUT2D eigenvalue weighted by Gasteiger charge is -2.26. The molecule has 44 heavy (non-hydrogen) atoms. The molecule has 0 amide bonds. The lowest BCUT2D eigenvalue weighted by atomic mass is 10.1. The van der Waals surface area contributed by atoms with Gasteiger partial charge in [-0.15, -0.1) is 0 Å². The predicted molar refractivity (Wildman–Crippen MR) is 169 cm³/mol. The Morgan fingerprint density at radius 1 is 0.795 bits per heavy atom. The first-order valence-electron chi connectivity index (χ1n) is 14.0. The molecule has 218 valence electrons. The van der Waals surface area contributed by atoms with Gasteiger partial charge in [0.1, 0.15) is 52.5 Å². The van der Waals surface area contributed by atoms with Gasteiger partial charge in [0.15, 0.2) is 5.69 Å². The number of alkyl halides is 3. The van der Waals surface area contributed by atoms with Crippen molar-refractivity contribution in [2.45, 2.75) is 19.3 Å². The Kier molecular flexibility index (Phi) is 7.90. The fourth-order valence-corrected chi connectivity index (χ4v) is 9.64. The van der Waals surface area contributed by atoms with Crippen molar-refractivity contribution in [2.24, 2.45) is 0 Å². The summed E-state index contributed by atoms with van der Waals surface area (Å²) in [6.45, 7) is 1.73. The first kappa shape index (κ1) is 29.1. The van der Waals surface area contributed by atoms with Gasteiger partial charge in [-0.3, -0.25) is 0 Å². The minimum atomic E-state index is -4.62. The molecule has 0 bridgehead atoms. The van der Waals surface area contributed by atoms with Crippen molar-refractivity contribution in [3.8, 4) is 23.1 Å². The molecule has 5 nitrogen and oxygen atoms in total. The zero-order valence-corrected chi connectivity index (χ0v) is 24.6. The van der Waals surface area contributed by atoms with Crippen LogP contribution in [0.15, 0.2) is 115 Å². The van der Waals surface area contributed by atoms with Crippen LogP contribution in [0.25, 0.3) is 22.3 Å². The second-order valence-electron chi connectivity index (χ2n) is 10.2. The van der Waals surface area contributed by atoms with Crippen LogP contribution >= 0.6 is 7.26 Å². The second kappa shape index (κ2) is 11.9.